The van der Waals surface area contributed by atoms with Crippen LogP contribution in [0.5, 0.6) is 0 Å². The predicted molar refractivity (Wildman–Crippen MR) is 83.9 cm³/mol. The summed E-state index contributed by atoms with van der Waals surface area (Å²) < 4.78 is 1.84. The molecule has 1 N–H and O–H groups in total. The molecule has 0 saturated heterocycles. The van der Waals surface area contributed by atoms with Crippen molar-refractivity contribution in [2.75, 3.05) is 11.9 Å². The lowest BCUT2D eigenvalue weighted by Gasteiger charge is -2.09. The number of aromatic nitrogens is 5. The summed E-state index contributed by atoms with van der Waals surface area (Å²) in [5.74, 6) is 4.26. The highest BCUT2D eigenvalue weighted by Crippen LogP contribution is 2.14. The third-order valence-corrected chi connectivity index (χ3v) is 3.20. The quantitative estimate of drug-likeness (QED) is 0.848. The van der Waals surface area contributed by atoms with E-state index >= 15 is 0 Å². The topological polar surface area (TPSA) is 68.5 Å². The highest BCUT2D eigenvalue weighted by Gasteiger charge is 2.12. The van der Waals surface area contributed by atoms with Crippen LogP contribution in [0.25, 0.3) is 5.82 Å². The Hall–Kier alpha value is -1.98. The van der Waals surface area contributed by atoms with Crippen molar-refractivity contribution in [3.8, 4) is 5.82 Å². The van der Waals surface area contributed by atoms with Crippen LogP contribution in [0.15, 0.2) is 6.07 Å². The SMILES string of the molecule is CCCNc1cc(-n2nc(CC)nc2CC)nc(CC)n1. The molecule has 0 radical (unpaired) electrons. The lowest BCUT2D eigenvalue weighted by Crippen LogP contribution is -2.10. The Morgan fingerprint density at radius 3 is 2.33 bits per heavy atom. The molecule has 0 unspecified atom stereocenters. The molecule has 2 aromatic rings. The van der Waals surface area contributed by atoms with E-state index in [-0.39, 0.29) is 0 Å². The Morgan fingerprint density at radius 2 is 1.71 bits per heavy atom. The van der Waals surface area contributed by atoms with Crippen LogP contribution in [0.1, 0.15) is 51.6 Å². The van der Waals surface area contributed by atoms with Gasteiger partial charge in [-0.3, -0.25) is 0 Å². The second kappa shape index (κ2) is 7.15. The molecular weight excluding hydrogens is 264 g/mol. The van der Waals surface area contributed by atoms with Gasteiger partial charge in [0, 0.05) is 31.9 Å². The van der Waals surface area contributed by atoms with E-state index < -0.39 is 0 Å². The number of rotatable bonds is 7. The molecule has 0 aromatic carbocycles. The zero-order valence-corrected chi connectivity index (χ0v) is 13.3. The molecule has 0 fully saturated rings. The van der Waals surface area contributed by atoms with Gasteiger partial charge in [-0.25, -0.2) is 15.0 Å². The average molecular weight is 288 g/mol. The Bertz CT molecular complexity index is 590. The molecule has 0 aliphatic heterocycles. The van der Waals surface area contributed by atoms with Gasteiger partial charge in [0.25, 0.3) is 0 Å². The van der Waals surface area contributed by atoms with Gasteiger partial charge in [-0.2, -0.15) is 4.68 Å². The van der Waals surface area contributed by atoms with Gasteiger partial charge in [0.05, 0.1) is 0 Å². The van der Waals surface area contributed by atoms with Crippen molar-refractivity contribution >= 4 is 5.82 Å². The maximum absolute atomic E-state index is 4.60. The number of aryl methyl sites for hydroxylation is 3. The molecule has 0 saturated carbocycles. The maximum atomic E-state index is 4.60. The van der Waals surface area contributed by atoms with Crippen molar-refractivity contribution < 1.29 is 0 Å². The summed E-state index contributed by atoms with van der Waals surface area (Å²) in [6.07, 6.45) is 3.51. The van der Waals surface area contributed by atoms with E-state index in [1.54, 1.807) is 0 Å². The summed E-state index contributed by atoms with van der Waals surface area (Å²) in [5.41, 5.74) is 0. The average Bonchev–Trinajstić information content (AvgIpc) is 2.96. The zero-order valence-electron chi connectivity index (χ0n) is 13.3. The van der Waals surface area contributed by atoms with Crippen LogP contribution >= 0.6 is 0 Å². The van der Waals surface area contributed by atoms with Crippen molar-refractivity contribution in [3.05, 3.63) is 23.5 Å². The summed E-state index contributed by atoms with van der Waals surface area (Å²) >= 11 is 0. The number of hydrogen-bond donors (Lipinski definition) is 1. The van der Waals surface area contributed by atoms with Crippen LogP contribution in [0, 0.1) is 0 Å². The minimum absolute atomic E-state index is 0.796. The maximum Gasteiger partial charge on any atom is 0.161 e. The van der Waals surface area contributed by atoms with E-state index in [0.29, 0.717) is 0 Å². The third kappa shape index (κ3) is 3.56. The lowest BCUT2D eigenvalue weighted by atomic mass is 10.4. The first-order valence-corrected chi connectivity index (χ1v) is 7.78. The van der Waals surface area contributed by atoms with E-state index in [4.69, 9.17) is 0 Å². The van der Waals surface area contributed by atoms with Crippen LogP contribution < -0.4 is 5.32 Å². The predicted octanol–water partition coefficient (Wildman–Crippen LogP) is 2.57. The van der Waals surface area contributed by atoms with Gasteiger partial charge < -0.3 is 5.32 Å². The molecule has 6 heteroatoms. The Labute approximate surface area is 126 Å². The smallest absolute Gasteiger partial charge is 0.161 e. The zero-order chi connectivity index (χ0) is 15.2. The van der Waals surface area contributed by atoms with Gasteiger partial charge in [0.15, 0.2) is 11.6 Å². The second-order valence-corrected chi connectivity index (χ2v) is 4.87. The summed E-state index contributed by atoms with van der Waals surface area (Å²) in [4.78, 5) is 13.7. The molecule has 21 heavy (non-hydrogen) atoms. The molecule has 0 aliphatic rings. The number of nitrogens with zero attached hydrogens (tertiary/aromatic N) is 5. The van der Waals surface area contributed by atoms with Crippen molar-refractivity contribution in [3.63, 3.8) is 0 Å². The molecule has 0 spiro atoms. The van der Waals surface area contributed by atoms with Crippen molar-refractivity contribution in [2.24, 2.45) is 0 Å². The molecule has 0 aliphatic carbocycles. The van der Waals surface area contributed by atoms with Crippen molar-refractivity contribution in [1.82, 2.24) is 24.7 Å². The first kappa shape index (κ1) is 15.4. The monoisotopic (exact) mass is 288 g/mol. The van der Waals surface area contributed by atoms with Gasteiger partial charge in [0.1, 0.15) is 17.5 Å². The minimum Gasteiger partial charge on any atom is -0.370 e. The normalized spacial score (nSPS) is 10.9. The largest absolute Gasteiger partial charge is 0.370 e. The molecule has 0 atom stereocenters. The van der Waals surface area contributed by atoms with Crippen LogP contribution in [-0.2, 0) is 19.3 Å². The van der Waals surface area contributed by atoms with Crippen LogP contribution in [0.3, 0.4) is 0 Å². The minimum atomic E-state index is 0.796. The second-order valence-electron chi connectivity index (χ2n) is 4.87. The summed E-state index contributed by atoms with van der Waals surface area (Å²) in [6, 6.07) is 1.95. The summed E-state index contributed by atoms with van der Waals surface area (Å²) in [7, 11) is 0. The Balaban J connectivity index is 2.44. The fourth-order valence-corrected chi connectivity index (χ4v) is 2.05. The number of nitrogens with one attached hydrogen (secondary N) is 1. The highest BCUT2D eigenvalue weighted by molar-refractivity contribution is 5.41. The van der Waals surface area contributed by atoms with E-state index in [2.05, 4.69) is 53.1 Å². The van der Waals surface area contributed by atoms with Gasteiger partial charge in [-0.1, -0.05) is 27.7 Å². The van der Waals surface area contributed by atoms with Crippen molar-refractivity contribution in [1.29, 1.82) is 0 Å². The Kier molecular flexibility index (Phi) is 5.25. The van der Waals surface area contributed by atoms with E-state index in [1.807, 2.05) is 10.7 Å². The van der Waals surface area contributed by atoms with Crippen LogP contribution in [0.4, 0.5) is 5.82 Å². The Morgan fingerprint density at radius 1 is 0.952 bits per heavy atom. The fraction of sp³-hybridized carbons (Fsp3) is 0.600. The molecule has 0 amide bonds. The lowest BCUT2D eigenvalue weighted by molar-refractivity contribution is 0.753. The van der Waals surface area contributed by atoms with Gasteiger partial charge in [0.2, 0.25) is 0 Å². The first-order chi connectivity index (χ1) is 10.2. The van der Waals surface area contributed by atoms with E-state index in [1.165, 1.54) is 0 Å². The molecular formula is C15H24N6. The fourth-order valence-electron chi connectivity index (χ4n) is 2.05. The van der Waals surface area contributed by atoms with E-state index in [9.17, 15) is 0 Å². The van der Waals surface area contributed by atoms with Crippen LogP contribution in [-0.4, -0.2) is 31.3 Å². The van der Waals surface area contributed by atoms with E-state index in [0.717, 1.165) is 61.3 Å². The molecule has 2 heterocycles. The standard InChI is InChI=1S/C15H24N6/c1-5-9-16-13-10-15(18-11(6-2)17-13)21-14(8-4)19-12(7-3)20-21/h10H,5-9H2,1-4H3,(H,16,17,18). The summed E-state index contributed by atoms with van der Waals surface area (Å²) in [6.45, 7) is 9.24. The van der Waals surface area contributed by atoms with Gasteiger partial charge in [-0.05, 0) is 6.42 Å². The van der Waals surface area contributed by atoms with Crippen molar-refractivity contribution in [2.45, 2.75) is 53.4 Å². The number of anilines is 1. The molecule has 114 valence electrons. The highest BCUT2D eigenvalue weighted by atomic mass is 15.4. The number of hydrogen-bond acceptors (Lipinski definition) is 5. The van der Waals surface area contributed by atoms with Gasteiger partial charge in [-0.15, -0.1) is 5.10 Å². The third-order valence-electron chi connectivity index (χ3n) is 3.20. The molecule has 2 rings (SSSR count). The molecule has 6 nitrogen and oxygen atoms in total. The molecule has 0 bridgehead atoms. The first-order valence-electron chi connectivity index (χ1n) is 7.78. The summed E-state index contributed by atoms with van der Waals surface area (Å²) in [5, 5.41) is 7.88. The molecule has 2 aromatic heterocycles. The van der Waals surface area contributed by atoms with Gasteiger partial charge >= 0.3 is 0 Å². The van der Waals surface area contributed by atoms with Crippen LogP contribution in [0.2, 0.25) is 0 Å².